The number of nitro benzene ring substituents is 1. The van der Waals surface area contributed by atoms with E-state index in [0.717, 1.165) is 11.3 Å². The molecule has 0 saturated heterocycles. The van der Waals surface area contributed by atoms with Crippen molar-refractivity contribution in [1.82, 2.24) is 0 Å². The summed E-state index contributed by atoms with van der Waals surface area (Å²) in [6, 6.07) is 23.0. The topological polar surface area (TPSA) is 81.8 Å². The number of Topliss-reactive ketones (excluding diaryl/α,β-unsaturated/α-hetero) is 1. The third kappa shape index (κ3) is 3.85. The van der Waals surface area contributed by atoms with Crippen molar-refractivity contribution in [2.75, 3.05) is 0 Å². The third-order valence-corrected chi connectivity index (χ3v) is 5.27. The van der Waals surface area contributed by atoms with Gasteiger partial charge in [-0.1, -0.05) is 48.5 Å². The molecule has 150 valence electrons. The number of carbonyl (C=O) groups excluding carboxylic acids is 1. The molecule has 0 amide bonds. The van der Waals surface area contributed by atoms with E-state index in [1.54, 1.807) is 12.1 Å². The molecule has 1 aliphatic heterocycles. The minimum atomic E-state index is -0.750. The summed E-state index contributed by atoms with van der Waals surface area (Å²) in [5.74, 6) is 0.440. The second-order valence-corrected chi connectivity index (χ2v) is 7.36. The number of hydrogen-bond donors (Lipinski definition) is 0. The van der Waals surface area contributed by atoms with E-state index in [9.17, 15) is 14.9 Å². The molecule has 0 aliphatic carbocycles. The Morgan fingerprint density at radius 3 is 2.37 bits per heavy atom. The number of nitro groups is 1. The highest BCUT2D eigenvalue weighted by Crippen LogP contribution is 2.41. The largest absolute Gasteiger partial charge is 0.466 e. The molecule has 0 saturated carbocycles. The predicted octanol–water partition coefficient (Wildman–Crippen LogP) is 5.58. The van der Waals surface area contributed by atoms with Crippen LogP contribution in [0.5, 0.6) is 0 Å². The fraction of sp³-hybridized carbons (Fsp3) is 0.167. The van der Waals surface area contributed by atoms with Gasteiger partial charge in [0.25, 0.3) is 5.69 Å². The number of carbonyl (C=O) groups is 1. The molecule has 3 aromatic rings. The Morgan fingerprint density at radius 2 is 1.67 bits per heavy atom. The predicted molar refractivity (Wildman–Crippen MR) is 114 cm³/mol. The van der Waals surface area contributed by atoms with Gasteiger partial charge in [-0.05, 0) is 31.5 Å². The average Bonchev–Trinajstić information content (AvgIpc) is 2.78. The first-order valence-corrected chi connectivity index (χ1v) is 9.66. The van der Waals surface area contributed by atoms with E-state index in [2.05, 4.69) is 4.99 Å². The lowest BCUT2D eigenvalue weighted by atomic mass is 9.87. The summed E-state index contributed by atoms with van der Waals surface area (Å²) in [5, 5.41) is 10.9. The molecule has 0 aromatic heterocycles. The van der Waals surface area contributed by atoms with Crippen LogP contribution >= 0.6 is 0 Å². The van der Waals surface area contributed by atoms with Crippen LogP contribution in [0.1, 0.15) is 41.3 Å². The van der Waals surface area contributed by atoms with Gasteiger partial charge in [0.05, 0.1) is 10.6 Å². The van der Waals surface area contributed by atoms with Gasteiger partial charge in [-0.3, -0.25) is 14.9 Å². The Labute approximate surface area is 174 Å². The molecule has 4 rings (SSSR count). The number of fused-ring (bicyclic) bond motifs is 1. The SMILES string of the molecule is CC1(CCC(=O)c2ccccc2)OC(c2ccc([N+](=O)[O-])cc2)=Nc2ccccc21. The van der Waals surface area contributed by atoms with Gasteiger partial charge in [-0.2, -0.15) is 0 Å². The molecule has 0 radical (unpaired) electrons. The van der Waals surface area contributed by atoms with Crippen molar-refractivity contribution >= 4 is 23.1 Å². The van der Waals surface area contributed by atoms with Gasteiger partial charge in [0.2, 0.25) is 5.90 Å². The van der Waals surface area contributed by atoms with Gasteiger partial charge in [0.15, 0.2) is 5.78 Å². The van der Waals surface area contributed by atoms with Crippen LogP contribution in [0.15, 0.2) is 83.9 Å². The number of aliphatic imine (C=N–C) groups is 1. The van der Waals surface area contributed by atoms with Crippen LogP contribution in [0.25, 0.3) is 0 Å². The third-order valence-electron chi connectivity index (χ3n) is 5.27. The van der Waals surface area contributed by atoms with E-state index in [4.69, 9.17) is 4.74 Å². The quantitative estimate of drug-likeness (QED) is 0.307. The van der Waals surface area contributed by atoms with Crippen molar-refractivity contribution in [1.29, 1.82) is 0 Å². The molecule has 1 unspecified atom stereocenters. The van der Waals surface area contributed by atoms with Crippen LogP contribution in [-0.2, 0) is 10.3 Å². The first-order valence-electron chi connectivity index (χ1n) is 9.66. The molecule has 0 spiro atoms. The second kappa shape index (κ2) is 7.91. The van der Waals surface area contributed by atoms with Gasteiger partial charge in [0, 0.05) is 35.2 Å². The van der Waals surface area contributed by atoms with Crippen molar-refractivity contribution < 1.29 is 14.5 Å². The molecular formula is C24H20N2O4. The summed E-state index contributed by atoms with van der Waals surface area (Å²) < 4.78 is 6.30. The lowest BCUT2D eigenvalue weighted by Crippen LogP contribution is -2.33. The maximum atomic E-state index is 12.6. The number of ether oxygens (including phenoxy) is 1. The standard InChI is InChI=1S/C24H20N2O4/c1-24(16-15-22(27)17-7-3-2-4-8-17)20-9-5-6-10-21(20)25-23(30-24)18-11-13-19(14-12-18)26(28)29/h2-14H,15-16H2,1H3. The molecule has 6 heteroatoms. The van der Waals surface area contributed by atoms with Crippen LogP contribution < -0.4 is 0 Å². The maximum absolute atomic E-state index is 12.6. The first kappa shape index (κ1) is 19.5. The average molecular weight is 400 g/mol. The smallest absolute Gasteiger partial charge is 0.269 e. The van der Waals surface area contributed by atoms with Gasteiger partial charge >= 0.3 is 0 Å². The number of rotatable bonds is 6. The fourth-order valence-corrected chi connectivity index (χ4v) is 3.57. The Morgan fingerprint density at radius 1 is 1.00 bits per heavy atom. The molecule has 1 atom stereocenters. The summed E-state index contributed by atoms with van der Waals surface area (Å²) in [5.41, 5.74) is 2.26. The Balaban J connectivity index is 1.62. The van der Waals surface area contributed by atoms with E-state index < -0.39 is 10.5 Å². The number of hydrogen-bond acceptors (Lipinski definition) is 5. The summed E-state index contributed by atoms with van der Waals surface area (Å²) in [6.45, 7) is 1.95. The monoisotopic (exact) mass is 400 g/mol. The summed E-state index contributed by atoms with van der Waals surface area (Å²) in [6.07, 6.45) is 0.798. The second-order valence-electron chi connectivity index (χ2n) is 7.36. The zero-order chi connectivity index (χ0) is 21.1. The summed E-state index contributed by atoms with van der Waals surface area (Å²) in [4.78, 5) is 27.7. The van der Waals surface area contributed by atoms with Gasteiger partial charge < -0.3 is 4.74 Å². The molecule has 3 aromatic carbocycles. The number of benzene rings is 3. The highest BCUT2D eigenvalue weighted by Gasteiger charge is 2.36. The van der Waals surface area contributed by atoms with Crippen LogP contribution in [0.2, 0.25) is 0 Å². The minimum absolute atomic E-state index is 0.00628. The number of nitrogens with zero attached hydrogens (tertiary/aromatic N) is 2. The van der Waals surface area contributed by atoms with Crippen LogP contribution in [0, 0.1) is 10.1 Å². The maximum Gasteiger partial charge on any atom is 0.269 e. The van der Waals surface area contributed by atoms with E-state index in [-0.39, 0.29) is 11.5 Å². The van der Waals surface area contributed by atoms with E-state index in [1.807, 2.05) is 61.5 Å². The Bertz CT molecular complexity index is 1120. The normalized spacial score (nSPS) is 17.4. The van der Waals surface area contributed by atoms with E-state index in [0.29, 0.717) is 29.9 Å². The zero-order valence-corrected chi connectivity index (χ0v) is 16.4. The summed E-state index contributed by atoms with van der Waals surface area (Å²) in [7, 11) is 0. The molecule has 1 heterocycles. The van der Waals surface area contributed by atoms with Gasteiger partial charge in [-0.25, -0.2) is 4.99 Å². The molecule has 0 bridgehead atoms. The lowest BCUT2D eigenvalue weighted by Gasteiger charge is -2.35. The van der Waals surface area contributed by atoms with Crippen LogP contribution in [0.3, 0.4) is 0 Å². The molecule has 30 heavy (non-hydrogen) atoms. The lowest BCUT2D eigenvalue weighted by molar-refractivity contribution is -0.384. The van der Waals surface area contributed by atoms with Crippen LogP contribution in [-0.4, -0.2) is 16.6 Å². The fourth-order valence-electron chi connectivity index (χ4n) is 3.57. The molecule has 0 N–H and O–H groups in total. The Hall–Kier alpha value is -3.80. The van der Waals surface area contributed by atoms with E-state index >= 15 is 0 Å². The number of para-hydroxylation sites is 1. The molecule has 0 fully saturated rings. The summed E-state index contributed by atoms with van der Waals surface area (Å²) >= 11 is 0. The van der Waals surface area contributed by atoms with Gasteiger partial charge in [0.1, 0.15) is 5.60 Å². The Kier molecular flexibility index (Phi) is 5.14. The molecular weight excluding hydrogens is 380 g/mol. The highest BCUT2D eigenvalue weighted by molar-refractivity contribution is 5.98. The first-order chi connectivity index (χ1) is 14.5. The van der Waals surface area contributed by atoms with Crippen LogP contribution in [0.4, 0.5) is 11.4 Å². The van der Waals surface area contributed by atoms with Crippen molar-refractivity contribution in [3.8, 4) is 0 Å². The molecule has 1 aliphatic rings. The molecule has 6 nitrogen and oxygen atoms in total. The van der Waals surface area contributed by atoms with Crippen molar-refractivity contribution in [2.45, 2.75) is 25.4 Å². The van der Waals surface area contributed by atoms with E-state index in [1.165, 1.54) is 12.1 Å². The van der Waals surface area contributed by atoms with Crippen molar-refractivity contribution in [3.05, 3.63) is 106 Å². The van der Waals surface area contributed by atoms with Crippen molar-refractivity contribution in [3.63, 3.8) is 0 Å². The van der Waals surface area contributed by atoms with Crippen molar-refractivity contribution in [2.24, 2.45) is 4.99 Å². The zero-order valence-electron chi connectivity index (χ0n) is 16.4. The van der Waals surface area contributed by atoms with Gasteiger partial charge in [-0.15, -0.1) is 0 Å². The highest BCUT2D eigenvalue weighted by atomic mass is 16.6. The number of non-ortho nitro benzene ring substituents is 1. The number of ketones is 1. The minimum Gasteiger partial charge on any atom is -0.466 e.